The number of hydrazone groups is 1. The SMILES string of the molecule is COc1cc(C=NNC(=O)COc2cccc(Br)c2)cc(Br)c1O. The number of phenols is 1. The van der Waals surface area contributed by atoms with Gasteiger partial charge in [-0.1, -0.05) is 22.0 Å². The van der Waals surface area contributed by atoms with Crippen molar-refractivity contribution in [2.75, 3.05) is 13.7 Å². The molecular weight excluding hydrogens is 444 g/mol. The molecule has 2 rings (SSSR count). The van der Waals surface area contributed by atoms with Crippen molar-refractivity contribution in [1.82, 2.24) is 5.43 Å². The Morgan fingerprint density at radius 1 is 1.33 bits per heavy atom. The second-order valence-corrected chi connectivity index (χ2v) is 6.36. The lowest BCUT2D eigenvalue weighted by molar-refractivity contribution is -0.123. The number of rotatable bonds is 6. The van der Waals surface area contributed by atoms with Crippen LogP contribution in [-0.2, 0) is 4.79 Å². The number of phenolic OH excluding ortho intramolecular Hbond substituents is 1. The average molecular weight is 458 g/mol. The van der Waals surface area contributed by atoms with Gasteiger partial charge in [-0.3, -0.25) is 4.79 Å². The Balaban J connectivity index is 1.89. The van der Waals surface area contributed by atoms with E-state index in [0.29, 0.717) is 21.5 Å². The molecule has 2 aromatic carbocycles. The Hall–Kier alpha value is -2.06. The van der Waals surface area contributed by atoms with Crippen LogP contribution in [0.4, 0.5) is 0 Å². The van der Waals surface area contributed by atoms with Crippen LogP contribution >= 0.6 is 31.9 Å². The summed E-state index contributed by atoms with van der Waals surface area (Å²) in [6.45, 7) is -0.156. The molecule has 126 valence electrons. The summed E-state index contributed by atoms with van der Waals surface area (Å²) < 4.78 is 11.7. The van der Waals surface area contributed by atoms with Gasteiger partial charge in [-0.15, -0.1) is 0 Å². The number of ether oxygens (including phenoxy) is 2. The highest BCUT2D eigenvalue weighted by Gasteiger charge is 2.07. The van der Waals surface area contributed by atoms with E-state index in [-0.39, 0.29) is 12.4 Å². The predicted octanol–water partition coefficient (Wildman–Crippen LogP) is 3.45. The molecule has 0 atom stereocenters. The third kappa shape index (κ3) is 5.24. The third-order valence-corrected chi connectivity index (χ3v) is 3.94. The van der Waals surface area contributed by atoms with Gasteiger partial charge < -0.3 is 14.6 Å². The molecule has 0 aliphatic carbocycles. The first-order chi connectivity index (χ1) is 11.5. The maximum atomic E-state index is 11.7. The van der Waals surface area contributed by atoms with Gasteiger partial charge in [0.15, 0.2) is 18.1 Å². The van der Waals surface area contributed by atoms with Gasteiger partial charge in [-0.05, 0) is 51.8 Å². The van der Waals surface area contributed by atoms with E-state index in [9.17, 15) is 9.90 Å². The van der Waals surface area contributed by atoms with Crippen molar-refractivity contribution < 1.29 is 19.4 Å². The van der Waals surface area contributed by atoms with Crippen molar-refractivity contribution in [2.24, 2.45) is 5.10 Å². The largest absolute Gasteiger partial charge is 0.503 e. The molecule has 0 spiro atoms. The molecule has 24 heavy (non-hydrogen) atoms. The lowest BCUT2D eigenvalue weighted by atomic mass is 10.2. The zero-order valence-electron chi connectivity index (χ0n) is 12.6. The van der Waals surface area contributed by atoms with E-state index in [4.69, 9.17) is 9.47 Å². The molecule has 0 saturated carbocycles. The lowest BCUT2D eigenvalue weighted by Gasteiger charge is -2.06. The standard InChI is InChI=1S/C16H14Br2N2O4/c1-23-14-6-10(5-13(18)16(14)22)8-19-20-15(21)9-24-12-4-2-3-11(17)7-12/h2-8,22H,9H2,1H3,(H,20,21). The number of carbonyl (C=O) groups is 1. The molecule has 0 fully saturated rings. The highest BCUT2D eigenvalue weighted by atomic mass is 79.9. The van der Waals surface area contributed by atoms with Crippen molar-refractivity contribution in [3.05, 3.63) is 50.9 Å². The highest BCUT2D eigenvalue weighted by molar-refractivity contribution is 9.10. The number of carbonyl (C=O) groups excluding carboxylic acids is 1. The number of amides is 1. The van der Waals surface area contributed by atoms with Crippen LogP contribution in [0.5, 0.6) is 17.2 Å². The molecule has 0 unspecified atom stereocenters. The maximum absolute atomic E-state index is 11.7. The number of hydrogen-bond donors (Lipinski definition) is 2. The monoisotopic (exact) mass is 456 g/mol. The van der Waals surface area contributed by atoms with E-state index in [2.05, 4.69) is 42.4 Å². The van der Waals surface area contributed by atoms with Crippen LogP contribution in [0.15, 0.2) is 50.4 Å². The number of benzene rings is 2. The minimum atomic E-state index is -0.393. The summed E-state index contributed by atoms with van der Waals surface area (Å²) in [4.78, 5) is 11.7. The van der Waals surface area contributed by atoms with E-state index in [1.807, 2.05) is 12.1 Å². The number of nitrogens with zero attached hydrogens (tertiary/aromatic N) is 1. The van der Waals surface area contributed by atoms with Gasteiger partial charge in [-0.2, -0.15) is 5.10 Å². The van der Waals surface area contributed by atoms with Gasteiger partial charge in [-0.25, -0.2) is 5.43 Å². The second-order valence-electron chi connectivity index (χ2n) is 4.59. The quantitative estimate of drug-likeness (QED) is 0.514. The van der Waals surface area contributed by atoms with Crippen LogP contribution in [0, 0.1) is 0 Å². The predicted molar refractivity (Wildman–Crippen MR) is 97.7 cm³/mol. The molecule has 0 heterocycles. The molecular formula is C16H14Br2N2O4. The fourth-order valence-corrected chi connectivity index (χ4v) is 2.58. The van der Waals surface area contributed by atoms with Gasteiger partial charge in [0, 0.05) is 4.47 Å². The maximum Gasteiger partial charge on any atom is 0.277 e. The Bertz CT molecular complexity index is 766. The molecule has 8 heteroatoms. The van der Waals surface area contributed by atoms with Gasteiger partial charge in [0.25, 0.3) is 5.91 Å². The fourth-order valence-electron chi connectivity index (χ4n) is 1.74. The molecule has 1 amide bonds. The smallest absolute Gasteiger partial charge is 0.277 e. The molecule has 0 bridgehead atoms. The van der Waals surface area contributed by atoms with Crippen LogP contribution in [0.1, 0.15) is 5.56 Å². The van der Waals surface area contributed by atoms with Gasteiger partial charge in [0.2, 0.25) is 0 Å². The first-order valence-corrected chi connectivity index (χ1v) is 8.35. The van der Waals surface area contributed by atoms with E-state index in [1.165, 1.54) is 13.3 Å². The molecule has 2 aromatic rings. The summed E-state index contributed by atoms with van der Waals surface area (Å²) in [7, 11) is 1.45. The molecule has 0 aromatic heterocycles. The minimum Gasteiger partial charge on any atom is -0.503 e. The number of aromatic hydroxyl groups is 1. The Kier molecular flexibility index (Phi) is 6.62. The third-order valence-electron chi connectivity index (χ3n) is 2.84. The zero-order valence-corrected chi connectivity index (χ0v) is 15.8. The number of hydrogen-bond acceptors (Lipinski definition) is 5. The summed E-state index contributed by atoms with van der Waals surface area (Å²) in [5.41, 5.74) is 3.01. The van der Waals surface area contributed by atoms with Gasteiger partial charge in [0.05, 0.1) is 17.8 Å². The summed E-state index contributed by atoms with van der Waals surface area (Å²) in [5, 5.41) is 13.6. The van der Waals surface area contributed by atoms with E-state index >= 15 is 0 Å². The first-order valence-electron chi connectivity index (χ1n) is 6.76. The molecule has 2 N–H and O–H groups in total. The van der Waals surface area contributed by atoms with Crippen molar-refractivity contribution >= 4 is 44.0 Å². The Labute approximate surface area is 155 Å². The van der Waals surface area contributed by atoms with E-state index < -0.39 is 5.91 Å². The van der Waals surface area contributed by atoms with E-state index in [1.54, 1.807) is 24.3 Å². The summed E-state index contributed by atoms with van der Waals surface area (Å²) in [5.74, 6) is 0.489. The summed E-state index contributed by atoms with van der Waals surface area (Å²) in [6.07, 6.45) is 1.43. The minimum absolute atomic E-state index is 0.00103. The van der Waals surface area contributed by atoms with Crippen LogP contribution in [-0.4, -0.2) is 30.9 Å². The number of halogens is 2. The van der Waals surface area contributed by atoms with Gasteiger partial charge in [0.1, 0.15) is 5.75 Å². The Morgan fingerprint density at radius 3 is 2.83 bits per heavy atom. The van der Waals surface area contributed by atoms with Crippen LogP contribution < -0.4 is 14.9 Å². The Morgan fingerprint density at radius 2 is 2.12 bits per heavy atom. The summed E-state index contributed by atoms with van der Waals surface area (Å²) >= 11 is 6.54. The fraction of sp³-hybridized carbons (Fsp3) is 0.125. The van der Waals surface area contributed by atoms with Crippen LogP contribution in [0.2, 0.25) is 0 Å². The molecule has 0 saturated heterocycles. The molecule has 0 radical (unpaired) electrons. The normalized spacial score (nSPS) is 10.6. The topological polar surface area (TPSA) is 80.2 Å². The van der Waals surface area contributed by atoms with Gasteiger partial charge >= 0.3 is 0 Å². The summed E-state index contributed by atoms with van der Waals surface area (Å²) in [6, 6.07) is 10.4. The average Bonchev–Trinajstić information content (AvgIpc) is 2.56. The highest BCUT2D eigenvalue weighted by Crippen LogP contribution is 2.34. The van der Waals surface area contributed by atoms with Crippen molar-refractivity contribution in [3.63, 3.8) is 0 Å². The second kappa shape index (κ2) is 8.70. The van der Waals surface area contributed by atoms with Crippen LogP contribution in [0.25, 0.3) is 0 Å². The number of nitrogens with one attached hydrogen (secondary N) is 1. The van der Waals surface area contributed by atoms with Crippen molar-refractivity contribution in [2.45, 2.75) is 0 Å². The molecule has 0 aliphatic heterocycles. The zero-order chi connectivity index (χ0) is 17.5. The van der Waals surface area contributed by atoms with Crippen molar-refractivity contribution in [1.29, 1.82) is 0 Å². The van der Waals surface area contributed by atoms with Crippen molar-refractivity contribution in [3.8, 4) is 17.2 Å². The molecule has 0 aliphatic rings. The number of methoxy groups -OCH3 is 1. The van der Waals surface area contributed by atoms with Crippen LogP contribution in [0.3, 0.4) is 0 Å². The van der Waals surface area contributed by atoms with E-state index in [0.717, 1.165) is 4.47 Å². The first kappa shape index (κ1) is 18.3. The molecule has 6 nitrogen and oxygen atoms in total. The lowest BCUT2D eigenvalue weighted by Crippen LogP contribution is -2.24.